The summed E-state index contributed by atoms with van der Waals surface area (Å²) in [5.41, 5.74) is 4.64. The molecule has 0 fully saturated rings. The van der Waals surface area contributed by atoms with Gasteiger partial charge in [0.15, 0.2) is 10.8 Å². The van der Waals surface area contributed by atoms with Crippen LogP contribution >= 0.6 is 23.4 Å². The van der Waals surface area contributed by atoms with Gasteiger partial charge >= 0.3 is 0 Å². The molecule has 2 heterocycles. The Labute approximate surface area is 233 Å². The van der Waals surface area contributed by atoms with Crippen LogP contribution in [-0.4, -0.2) is 21.5 Å². The van der Waals surface area contributed by atoms with Crippen molar-refractivity contribution >= 4 is 57.0 Å². The number of hydrazone groups is 2. The summed E-state index contributed by atoms with van der Waals surface area (Å²) in [6, 6.07) is 31.1. The molecule has 1 atom stereocenters. The second kappa shape index (κ2) is 9.68. The summed E-state index contributed by atoms with van der Waals surface area (Å²) < 4.78 is 0. The van der Waals surface area contributed by atoms with Crippen molar-refractivity contribution in [2.24, 2.45) is 10.2 Å². The number of fused-ring (bicyclic) bond motifs is 2. The number of Topliss-reactive ketones (excluding diaryl/α,β-unsaturated/α-hetero) is 1. The van der Waals surface area contributed by atoms with Crippen LogP contribution in [0.2, 0.25) is 5.02 Å². The van der Waals surface area contributed by atoms with E-state index in [0.29, 0.717) is 15.8 Å². The first-order valence-corrected chi connectivity index (χ1v) is 13.2. The number of ketones is 1. The highest BCUT2D eigenvalue weighted by atomic mass is 35.5. The second-order valence-corrected chi connectivity index (χ2v) is 10.5. The van der Waals surface area contributed by atoms with Crippen LogP contribution in [0.1, 0.15) is 23.6 Å². The van der Waals surface area contributed by atoms with E-state index < -0.39 is 9.92 Å². The van der Waals surface area contributed by atoms with Crippen LogP contribution in [0.4, 0.5) is 17.1 Å². The maximum absolute atomic E-state index is 12.7. The Morgan fingerprint density at radius 1 is 0.846 bits per heavy atom. The quantitative estimate of drug-likeness (QED) is 0.200. The number of thioether (sulfide) groups is 1. The molecule has 2 aliphatic heterocycles. The van der Waals surface area contributed by atoms with Gasteiger partial charge in [0.25, 0.3) is 5.69 Å². The lowest BCUT2D eigenvalue weighted by Gasteiger charge is -2.47. The van der Waals surface area contributed by atoms with Crippen molar-refractivity contribution in [2.75, 3.05) is 10.0 Å². The number of rotatable bonds is 5. The number of carbonyl (C=O) groups is 1. The summed E-state index contributed by atoms with van der Waals surface area (Å²) >= 11 is 7.48. The Balaban J connectivity index is 1.64. The van der Waals surface area contributed by atoms with E-state index in [0.717, 1.165) is 28.1 Å². The fourth-order valence-corrected chi connectivity index (χ4v) is 6.10. The smallest absolute Gasteiger partial charge is 0.269 e. The summed E-state index contributed by atoms with van der Waals surface area (Å²) in [6.07, 6.45) is 0. The maximum atomic E-state index is 12.7. The molecule has 0 aromatic heterocycles. The SMILES string of the molecule is CC(=O)C1=NN(c2ccc([N+](=O)[O-])cc2)[C@@]2(S1)c1ccccc1C(c1ccc(Cl)cc1)=NN2c1ccccc1. The van der Waals surface area contributed by atoms with Gasteiger partial charge < -0.3 is 0 Å². The molecule has 0 saturated carbocycles. The van der Waals surface area contributed by atoms with Crippen LogP contribution < -0.4 is 10.0 Å². The highest BCUT2D eigenvalue weighted by Crippen LogP contribution is 2.55. The first kappa shape index (κ1) is 24.8. The van der Waals surface area contributed by atoms with Gasteiger partial charge in [0.2, 0.25) is 4.99 Å². The number of carbonyl (C=O) groups excluding carboxylic acids is 1. The minimum Gasteiger partial charge on any atom is -0.292 e. The Kier molecular flexibility index (Phi) is 6.17. The van der Waals surface area contributed by atoms with Gasteiger partial charge in [-0.15, -0.1) is 0 Å². The standard InChI is InChI=1S/C29H20ClN5O3S/c1-19(36)28-32-34(23-15-17-24(18-16-23)35(37)38)29(39-28)26-10-6-5-9-25(26)27(20-11-13-21(30)14-12-20)31-33(29)22-7-3-2-4-8-22/h2-18H,1H3/t29-/m1/s1. The average Bonchev–Trinajstić information content (AvgIpc) is 3.36. The number of halogens is 1. The Morgan fingerprint density at radius 2 is 1.46 bits per heavy atom. The molecule has 0 bridgehead atoms. The molecule has 39 heavy (non-hydrogen) atoms. The zero-order chi connectivity index (χ0) is 27.1. The summed E-state index contributed by atoms with van der Waals surface area (Å²) in [5.74, 6) is -0.193. The van der Waals surface area contributed by atoms with Crippen molar-refractivity contribution in [3.05, 3.63) is 135 Å². The molecule has 4 aromatic rings. The van der Waals surface area contributed by atoms with Crippen molar-refractivity contribution in [3.8, 4) is 0 Å². The van der Waals surface area contributed by atoms with Crippen LogP contribution in [0.5, 0.6) is 0 Å². The molecule has 6 rings (SSSR count). The van der Waals surface area contributed by atoms with Crippen LogP contribution in [0.15, 0.2) is 113 Å². The molecular weight excluding hydrogens is 534 g/mol. The van der Waals surface area contributed by atoms with E-state index in [-0.39, 0.29) is 11.5 Å². The van der Waals surface area contributed by atoms with Crippen molar-refractivity contribution in [2.45, 2.75) is 11.9 Å². The third-order valence-corrected chi connectivity index (χ3v) is 8.13. The second-order valence-electron chi connectivity index (χ2n) is 8.91. The number of nitro benzene ring substituents is 1. The fourth-order valence-electron chi connectivity index (χ4n) is 4.68. The highest BCUT2D eigenvalue weighted by molar-refractivity contribution is 8.17. The molecule has 4 aromatic carbocycles. The predicted octanol–water partition coefficient (Wildman–Crippen LogP) is 6.79. The number of para-hydroxylation sites is 1. The van der Waals surface area contributed by atoms with Crippen LogP contribution in [-0.2, 0) is 9.79 Å². The molecular formula is C29H20ClN5O3S. The summed E-state index contributed by atoms with van der Waals surface area (Å²) in [5, 5.41) is 25.8. The van der Waals surface area contributed by atoms with E-state index in [9.17, 15) is 14.9 Å². The summed E-state index contributed by atoms with van der Waals surface area (Å²) in [4.78, 5) is 22.5. The number of hydrogen-bond donors (Lipinski definition) is 0. The minimum absolute atomic E-state index is 0.0394. The number of nitrogens with zero attached hydrogens (tertiary/aromatic N) is 5. The molecule has 1 spiro atoms. The molecule has 8 nitrogen and oxygen atoms in total. The third-order valence-electron chi connectivity index (χ3n) is 6.46. The van der Waals surface area contributed by atoms with E-state index >= 15 is 0 Å². The average molecular weight is 554 g/mol. The van der Waals surface area contributed by atoms with E-state index in [1.54, 1.807) is 17.1 Å². The predicted molar refractivity (Wildman–Crippen MR) is 155 cm³/mol. The van der Waals surface area contributed by atoms with Gasteiger partial charge in [-0.05, 0) is 48.2 Å². The van der Waals surface area contributed by atoms with Crippen molar-refractivity contribution < 1.29 is 9.72 Å². The normalized spacial score (nSPS) is 18.0. The largest absolute Gasteiger partial charge is 0.292 e. The van der Waals surface area contributed by atoms with E-state index in [1.807, 2.05) is 83.9 Å². The number of nitro groups is 1. The Bertz CT molecular complexity index is 1660. The van der Waals surface area contributed by atoms with Gasteiger partial charge in [-0.25, -0.2) is 10.0 Å². The van der Waals surface area contributed by atoms with Gasteiger partial charge in [-0.3, -0.25) is 14.9 Å². The van der Waals surface area contributed by atoms with Crippen molar-refractivity contribution in [3.63, 3.8) is 0 Å². The molecule has 0 unspecified atom stereocenters. The zero-order valence-corrected chi connectivity index (χ0v) is 22.1. The topological polar surface area (TPSA) is 91.4 Å². The molecule has 0 radical (unpaired) electrons. The molecule has 0 N–H and O–H groups in total. The van der Waals surface area contributed by atoms with E-state index in [4.69, 9.17) is 21.8 Å². The first-order valence-electron chi connectivity index (χ1n) is 12.0. The molecule has 0 saturated heterocycles. The van der Waals surface area contributed by atoms with Crippen molar-refractivity contribution in [1.82, 2.24) is 0 Å². The van der Waals surface area contributed by atoms with E-state index in [2.05, 4.69) is 0 Å². The molecule has 0 aliphatic carbocycles. The lowest BCUT2D eigenvalue weighted by atomic mass is 9.93. The van der Waals surface area contributed by atoms with E-state index in [1.165, 1.54) is 30.8 Å². The third kappa shape index (κ3) is 4.16. The van der Waals surface area contributed by atoms with Gasteiger partial charge in [-0.2, -0.15) is 10.2 Å². The molecule has 10 heteroatoms. The molecule has 0 amide bonds. The highest BCUT2D eigenvalue weighted by Gasteiger charge is 2.55. The van der Waals surface area contributed by atoms with Crippen LogP contribution in [0.3, 0.4) is 0 Å². The first-order chi connectivity index (χ1) is 18.9. The molecule has 192 valence electrons. The lowest BCUT2D eigenvalue weighted by Crippen LogP contribution is -2.54. The van der Waals surface area contributed by atoms with Crippen LogP contribution in [0.25, 0.3) is 0 Å². The lowest BCUT2D eigenvalue weighted by molar-refractivity contribution is -0.384. The van der Waals surface area contributed by atoms with Gasteiger partial charge in [-0.1, -0.05) is 66.2 Å². The summed E-state index contributed by atoms with van der Waals surface area (Å²) in [6.45, 7) is 1.48. The minimum atomic E-state index is -1.13. The maximum Gasteiger partial charge on any atom is 0.269 e. The molecule has 2 aliphatic rings. The van der Waals surface area contributed by atoms with Gasteiger partial charge in [0.1, 0.15) is 0 Å². The monoisotopic (exact) mass is 553 g/mol. The number of hydrogen-bond acceptors (Lipinski definition) is 8. The zero-order valence-electron chi connectivity index (χ0n) is 20.6. The number of anilines is 2. The fraction of sp³-hybridized carbons (Fsp3) is 0.0690. The Hall–Kier alpha value is -4.47. The van der Waals surface area contributed by atoms with Gasteiger partial charge in [0, 0.05) is 40.8 Å². The van der Waals surface area contributed by atoms with Gasteiger partial charge in [0.05, 0.1) is 22.0 Å². The number of non-ortho nitro benzene ring substituents is 1. The van der Waals surface area contributed by atoms with Crippen molar-refractivity contribution in [1.29, 1.82) is 0 Å². The summed E-state index contributed by atoms with van der Waals surface area (Å²) in [7, 11) is 0. The number of benzene rings is 4. The Morgan fingerprint density at radius 3 is 2.13 bits per heavy atom. The van der Waals surface area contributed by atoms with Crippen LogP contribution in [0, 0.1) is 10.1 Å².